The normalized spacial score (nSPS) is 10.7. The molecule has 4 nitrogen and oxygen atoms in total. The molecular formula is C16H21N3OS. The molecule has 2 N–H and O–H groups in total. The molecule has 0 aliphatic rings. The molecule has 1 heterocycles. The van der Waals surface area contributed by atoms with E-state index in [0.717, 1.165) is 17.2 Å². The van der Waals surface area contributed by atoms with Crippen LogP contribution in [0.2, 0.25) is 0 Å². The third-order valence-corrected chi connectivity index (χ3v) is 3.77. The maximum atomic E-state index is 12.0. The minimum absolute atomic E-state index is 0.107. The summed E-state index contributed by atoms with van der Waals surface area (Å²) in [5.41, 5.74) is 2.64. The van der Waals surface area contributed by atoms with Crippen molar-refractivity contribution in [3.05, 3.63) is 40.9 Å². The Morgan fingerprint density at radius 2 is 2.19 bits per heavy atom. The third-order valence-electron chi connectivity index (χ3n) is 3.01. The molecule has 2 aromatic rings. The Morgan fingerprint density at radius 1 is 1.38 bits per heavy atom. The lowest BCUT2D eigenvalue weighted by molar-refractivity contribution is 0.0948. The molecule has 0 fully saturated rings. The Kier molecular flexibility index (Phi) is 5.33. The number of thiazole rings is 1. The summed E-state index contributed by atoms with van der Waals surface area (Å²) in [4.78, 5) is 16.3. The van der Waals surface area contributed by atoms with Gasteiger partial charge in [0.25, 0.3) is 5.91 Å². The van der Waals surface area contributed by atoms with Gasteiger partial charge in [0.05, 0.1) is 0 Å². The van der Waals surface area contributed by atoms with E-state index >= 15 is 0 Å². The third kappa shape index (κ3) is 4.86. The molecule has 0 radical (unpaired) electrons. The fourth-order valence-corrected chi connectivity index (χ4v) is 2.56. The molecule has 0 atom stereocenters. The lowest BCUT2D eigenvalue weighted by Gasteiger charge is -2.05. The second-order valence-electron chi connectivity index (χ2n) is 5.47. The molecule has 0 unspecified atom stereocenters. The number of aromatic nitrogens is 1. The van der Waals surface area contributed by atoms with E-state index < -0.39 is 0 Å². The molecule has 0 aliphatic heterocycles. The second kappa shape index (κ2) is 7.22. The average Bonchev–Trinajstić information content (AvgIpc) is 2.87. The monoisotopic (exact) mass is 303 g/mol. The number of hydrogen-bond donors (Lipinski definition) is 2. The number of benzene rings is 1. The summed E-state index contributed by atoms with van der Waals surface area (Å²) in [6.07, 6.45) is 0.976. The van der Waals surface area contributed by atoms with E-state index in [2.05, 4.69) is 29.5 Å². The van der Waals surface area contributed by atoms with Gasteiger partial charge in [-0.05, 0) is 37.0 Å². The minimum atomic E-state index is -0.107. The SMILES string of the molecule is Cc1cccc(Nc2nc(C(=O)NCCC(C)C)cs2)c1. The number of nitrogens with one attached hydrogen (secondary N) is 2. The number of amides is 1. The summed E-state index contributed by atoms with van der Waals surface area (Å²) >= 11 is 1.44. The summed E-state index contributed by atoms with van der Waals surface area (Å²) in [6, 6.07) is 8.06. The lowest BCUT2D eigenvalue weighted by Crippen LogP contribution is -2.25. The van der Waals surface area contributed by atoms with Crippen LogP contribution in [0.5, 0.6) is 0 Å². The predicted octanol–water partition coefficient (Wildman–Crippen LogP) is 3.97. The van der Waals surface area contributed by atoms with Gasteiger partial charge in [-0.2, -0.15) is 0 Å². The van der Waals surface area contributed by atoms with Gasteiger partial charge < -0.3 is 10.6 Å². The highest BCUT2D eigenvalue weighted by Crippen LogP contribution is 2.21. The summed E-state index contributed by atoms with van der Waals surface area (Å²) in [7, 11) is 0. The predicted molar refractivity (Wildman–Crippen MR) is 88.4 cm³/mol. The van der Waals surface area contributed by atoms with Crippen LogP contribution in [0.25, 0.3) is 0 Å². The van der Waals surface area contributed by atoms with Gasteiger partial charge in [0.1, 0.15) is 5.69 Å². The van der Waals surface area contributed by atoms with Gasteiger partial charge in [0.2, 0.25) is 0 Å². The molecule has 1 aromatic heterocycles. The fourth-order valence-electron chi connectivity index (χ4n) is 1.85. The summed E-state index contributed by atoms with van der Waals surface area (Å²) < 4.78 is 0. The van der Waals surface area contributed by atoms with Crippen LogP contribution in [0.15, 0.2) is 29.6 Å². The van der Waals surface area contributed by atoms with Gasteiger partial charge in [0.15, 0.2) is 5.13 Å². The van der Waals surface area contributed by atoms with Gasteiger partial charge >= 0.3 is 0 Å². The van der Waals surface area contributed by atoms with Crippen LogP contribution in [0.1, 0.15) is 36.3 Å². The number of nitrogens with zero attached hydrogens (tertiary/aromatic N) is 1. The highest BCUT2D eigenvalue weighted by molar-refractivity contribution is 7.14. The van der Waals surface area contributed by atoms with Crippen LogP contribution in [0, 0.1) is 12.8 Å². The van der Waals surface area contributed by atoms with E-state index in [1.807, 2.05) is 31.2 Å². The Balaban J connectivity index is 1.93. The van der Waals surface area contributed by atoms with E-state index in [9.17, 15) is 4.79 Å². The van der Waals surface area contributed by atoms with Crippen LogP contribution < -0.4 is 10.6 Å². The van der Waals surface area contributed by atoms with Crippen LogP contribution in [0.3, 0.4) is 0 Å². The zero-order valence-corrected chi connectivity index (χ0v) is 13.5. The highest BCUT2D eigenvalue weighted by atomic mass is 32.1. The van der Waals surface area contributed by atoms with Crippen LogP contribution in [0.4, 0.5) is 10.8 Å². The van der Waals surface area contributed by atoms with Gasteiger partial charge in [-0.3, -0.25) is 4.79 Å². The first-order valence-corrected chi connectivity index (χ1v) is 8.00. The molecule has 0 saturated carbocycles. The quantitative estimate of drug-likeness (QED) is 0.849. The Bertz CT molecular complexity index is 607. The molecule has 1 amide bonds. The number of carbonyl (C=O) groups excluding carboxylic acids is 1. The van der Waals surface area contributed by atoms with Crippen molar-refractivity contribution in [2.24, 2.45) is 5.92 Å². The molecule has 0 bridgehead atoms. The summed E-state index contributed by atoms with van der Waals surface area (Å²) in [5.74, 6) is 0.475. The maximum absolute atomic E-state index is 12.0. The standard InChI is InChI=1S/C16H21N3OS/c1-11(2)7-8-17-15(20)14-10-21-16(19-14)18-13-6-4-5-12(3)9-13/h4-6,9-11H,7-8H2,1-3H3,(H,17,20)(H,18,19). The van der Waals surface area contributed by atoms with E-state index in [0.29, 0.717) is 18.2 Å². The van der Waals surface area contributed by atoms with Crippen molar-refractivity contribution in [2.45, 2.75) is 27.2 Å². The molecule has 2 rings (SSSR count). The number of aryl methyl sites for hydroxylation is 1. The molecule has 0 spiro atoms. The topological polar surface area (TPSA) is 54.0 Å². The van der Waals surface area contributed by atoms with E-state index in [1.54, 1.807) is 5.38 Å². The summed E-state index contributed by atoms with van der Waals surface area (Å²) in [5, 5.41) is 8.63. The van der Waals surface area contributed by atoms with Gasteiger partial charge in [-0.1, -0.05) is 26.0 Å². The molecular weight excluding hydrogens is 282 g/mol. The zero-order chi connectivity index (χ0) is 15.2. The molecule has 21 heavy (non-hydrogen) atoms. The van der Waals surface area contributed by atoms with Crippen molar-refractivity contribution in [1.29, 1.82) is 0 Å². The van der Waals surface area contributed by atoms with Crippen molar-refractivity contribution in [2.75, 3.05) is 11.9 Å². The largest absolute Gasteiger partial charge is 0.351 e. The Labute approximate surface area is 129 Å². The number of anilines is 2. The van der Waals surface area contributed by atoms with Crippen LogP contribution in [-0.2, 0) is 0 Å². The first-order chi connectivity index (χ1) is 10.0. The zero-order valence-electron chi connectivity index (χ0n) is 12.6. The van der Waals surface area contributed by atoms with Gasteiger partial charge in [-0.25, -0.2) is 4.98 Å². The smallest absolute Gasteiger partial charge is 0.270 e. The van der Waals surface area contributed by atoms with Crippen molar-refractivity contribution in [3.63, 3.8) is 0 Å². The molecule has 1 aromatic carbocycles. The highest BCUT2D eigenvalue weighted by Gasteiger charge is 2.10. The Hall–Kier alpha value is -1.88. The Morgan fingerprint density at radius 3 is 2.90 bits per heavy atom. The van der Waals surface area contributed by atoms with Gasteiger partial charge in [0, 0.05) is 17.6 Å². The van der Waals surface area contributed by atoms with E-state index in [4.69, 9.17) is 0 Å². The lowest BCUT2D eigenvalue weighted by atomic mass is 10.1. The first kappa shape index (κ1) is 15.5. The second-order valence-corrected chi connectivity index (χ2v) is 6.33. The van der Waals surface area contributed by atoms with Crippen LogP contribution in [-0.4, -0.2) is 17.4 Å². The van der Waals surface area contributed by atoms with Gasteiger partial charge in [-0.15, -0.1) is 11.3 Å². The minimum Gasteiger partial charge on any atom is -0.351 e. The van der Waals surface area contributed by atoms with Crippen molar-refractivity contribution >= 4 is 28.1 Å². The average molecular weight is 303 g/mol. The molecule has 5 heteroatoms. The maximum Gasteiger partial charge on any atom is 0.270 e. The van der Waals surface area contributed by atoms with E-state index in [1.165, 1.54) is 16.9 Å². The number of rotatable bonds is 6. The van der Waals surface area contributed by atoms with Crippen LogP contribution >= 0.6 is 11.3 Å². The van der Waals surface area contributed by atoms with Crippen molar-refractivity contribution in [3.8, 4) is 0 Å². The summed E-state index contributed by atoms with van der Waals surface area (Å²) in [6.45, 7) is 7.01. The molecule has 112 valence electrons. The van der Waals surface area contributed by atoms with E-state index in [-0.39, 0.29) is 5.91 Å². The fraction of sp³-hybridized carbons (Fsp3) is 0.375. The van der Waals surface area contributed by atoms with Crippen molar-refractivity contribution < 1.29 is 4.79 Å². The molecule has 0 saturated heterocycles. The first-order valence-electron chi connectivity index (χ1n) is 7.12. The number of carbonyl (C=O) groups is 1. The number of hydrogen-bond acceptors (Lipinski definition) is 4. The molecule has 0 aliphatic carbocycles. The van der Waals surface area contributed by atoms with Crippen molar-refractivity contribution in [1.82, 2.24) is 10.3 Å².